The second kappa shape index (κ2) is 8.31. The first kappa shape index (κ1) is 17.0. The van der Waals surface area contributed by atoms with Crippen molar-refractivity contribution in [3.63, 3.8) is 0 Å². The normalized spacial score (nSPS) is 9.00. The van der Waals surface area contributed by atoms with Gasteiger partial charge in [-0.05, 0) is 24.3 Å². The number of nitrogens with one attached hydrogen (secondary N) is 1. The fourth-order valence-corrected chi connectivity index (χ4v) is 2.31. The van der Waals surface area contributed by atoms with E-state index < -0.39 is 10.5 Å². The zero-order chi connectivity index (χ0) is 16.5. The smallest absolute Gasteiger partial charge is 0.292 e. The quantitative estimate of drug-likeness (QED) is 0.369. The molecule has 0 bridgehead atoms. The van der Waals surface area contributed by atoms with Crippen LogP contribution in [0, 0.1) is 44.1 Å². The van der Waals surface area contributed by atoms with Crippen molar-refractivity contribution in [2.45, 2.75) is 18.2 Å². The summed E-state index contributed by atoms with van der Waals surface area (Å²) in [6.07, 6.45) is 0.945. The Morgan fingerprint density at radius 2 is 2.00 bits per heavy atom. The lowest BCUT2D eigenvalue weighted by Crippen LogP contribution is -2.04. The van der Waals surface area contributed by atoms with Crippen molar-refractivity contribution in [2.24, 2.45) is 0 Å². The standard InChI is InChI=1S/C14H11N5O2S/c1-2-5-22-11-3-4-14(19(20)21)12(6-11)18-13(9-17)10(7-15)8-16/h3-4,6,18H,2,5H2,1H3. The SMILES string of the molecule is CCCSc1ccc([N+](=O)[O-])c(NC(C#N)=C(C#N)C#N)c1. The average molecular weight is 313 g/mol. The first-order valence-corrected chi connectivity index (χ1v) is 7.18. The molecular weight excluding hydrogens is 302 g/mol. The summed E-state index contributed by atoms with van der Waals surface area (Å²) >= 11 is 1.52. The number of nitriles is 3. The van der Waals surface area contributed by atoms with Gasteiger partial charge in [0, 0.05) is 11.0 Å². The predicted molar refractivity (Wildman–Crippen MR) is 81.6 cm³/mol. The maximum absolute atomic E-state index is 11.1. The third kappa shape index (κ3) is 4.24. The van der Waals surface area contributed by atoms with Crippen molar-refractivity contribution in [1.29, 1.82) is 15.8 Å². The third-order valence-electron chi connectivity index (χ3n) is 2.48. The molecule has 0 aliphatic heterocycles. The van der Waals surface area contributed by atoms with Gasteiger partial charge in [-0.1, -0.05) is 6.92 Å². The molecule has 0 heterocycles. The molecule has 0 fully saturated rings. The fourth-order valence-electron chi connectivity index (χ4n) is 1.50. The van der Waals surface area contributed by atoms with Crippen molar-refractivity contribution in [3.05, 3.63) is 39.6 Å². The molecule has 0 aliphatic rings. The van der Waals surface area contributed by atoms with Crippen LogP contribution in [0.25, 0.3) is 0 Å². The van der Waals surface area contributed by atoms with Crippen molar-refractivity contribution >= 4 is 23.1 Å². The summed E-state index contributed by atoms with van der Waals surface area (Å²) in [7, 11) is 0. The Bertz CT molecular complexity index is 721. The topological polar surface area (TPSA) is 127 Å². The van der Waals surface area contributed by atoms with Crippen LogP contribution in [0.5, 0.6) is 0 Å². The molecule has 1 aromatic rings. The van der Waals surface area contributed by atoms with Crippen LogP contribution in [0.15, 0.2) is 34.4 Å². The highest BCUT2D eigenvalue weighted by molar-refractivity contribution is 7.99. The summed E-state index contributed by atoms with van der Waals surface area (Å²) in [4.78, 5) is 11.3. The van der Waals surface area contributed by atoms with Crippen LogP contribution in [-0.2, 0) is 0 Å². The molecule has 0 saturated carbocycles. The molecule has 22 heavy (non-hydrogen) atoms. The Hall–Kier alpha value is -3.02. The van der Waals surface area contributed by atoms with Crippen LogP contribution in [0.1, 0.15) is 13.3 Å². The van der Waals surface area contributed by atoms with E-state index in [9.17, 15) is 10.1 Å². The molecule has 1 N–H and O–H groups in total. The minimum atomic E-state index is -0.593. The molecule has 8 heteroatoms. The van der Waals surface area contributed by atoms with E-state index in [1.807, 2.05) is 6.92 Å². The van der Waals surface area contributed by atoms with Gasteiger partial charge >= 0.3 is 0 Å². The molecule has 7 nitrogen and oxygen atoms in total. The van der Waals surface area contributed by atoms with Crippen molar-refractivity contribution in [3.8, 4) is 18.2 Å². The Morgan fingerprint density at radius 3 is 2.50 bits per heavy atom. The number of anilines is 1. The average Bonchev–Trinajstić information content (AvgIpc) is 2.52. The van der Waals surface area contributed by atoms with Gasteiger partial charge in [0.15, 0.2) is 5.57 Å². The molecule has 0 radical (unpaired) electrons. The molecule has 0 amide bonds. The molecule has 0 spiro atoms. The maximum Gasteiger partial charge on any atom is 0.292 e. The van der Waals surface area contributed by atoms with Gasteiger partial charge in [-0.3, -0.25) is 10.1 Å². The molecule has 0 aromatic heterocycles. The number of nitrogens with zero attached hydrogens (tertiary/aromatic N) is 4. The van der Waals surface area contributed by atoms with Crippen molar-refractivity contribution in [1.82, 2.24) is 0 Å². The number of hydrogen-bond donors (Lipinski definition) is 1. The van der Waals surface area contributed by atoms with Crippen LogP contribution < -0.4 is 5.32 Å². The van der Waals surface area contributed by atoms with Gasteiger partial charge in [-0.25, -0.2) is 0 Å². The first-order chi connectivity index (χ1) is 10.6. The van der Waals surface area contributed by atoms with Gasteiger partial charge in [0.2, 0.25) is 0 Å². The minimum Gasteiger partial charge on any atom is -0.339 e. The highest BCUT2D eigenvalue weighted by atomic mass is 32.2. The van der Waals surface area contributed by atoms with Crippen LogP contribution in [0.3, 0.4) is 0 Å². The summed E-state index contributed by atoms with van der Waals surface area (Å²) in [6, 6.07) is 9.31. The van der Waals surface area contributed by atoms with E-state index in [1.165, 1.54) is 23.9 Å². The first-order valence-electron chi connectivity index (χ1n) is 6.20. The molecule has 1 rings (SSSR count). The van der Waals surface area contributed by atoms with Crippen LogP contribution >= 0.6 is 11.8 Å². The van der Waals surface area contributed by atoms with E-state index in [0.717, 1.165) is 17.1 Å². The van der Waals surface area contributed by atoms with Crippen molar-refractivity contribution < 1.29 is 4.92 Å². The van der Waals surface area contributed by atoms with Gasteiger partial charge in [-0.2, -0.15) is 15.8 Å². The van der Waals surface area contributed by atoms with Gasteiger partial charge in [0.1, 0.15) is 29.6 Å². The van der Waals surface area contributed by atoms with E-state index >= 15 is 0 Å². The summed E-state index contributed by atoms with van der Waals surface area (Å²) in [5.41, 5.74) is -0.899. The van der Waals surface area contributed by atoms with Gasteiger partial charge in [0.25, 0.3) is 5.69 Å². The van der Waals surface area contributed by atoms with E-state index in [4.69, 9.17) is 15.8 Å². The number of allylic oxidation sites excluding steroid dienone is 2. The predicted octanol–water partition coefficient (Wildman–Crippen LogP) is 3.33. The third-order valence-corrected chi connectivity index (χ3v) is 3.68. The zero-order valence-electron chi connectivity index (χ0n) is 11.7. The molecule has 0 aliphatic carbocycles. The summed E-state index contributed by atoms with van der Waals surface area (Å²) in [5.74, 6) is 0.847. The molecule has 0 saturated heterocycles. The molecule has 0 atom stereocenters. The Kier molecular flexibility index (Phi) is 6.43. The van der Waals surface area contributed by atoms with E-state index in [0.29, 0.717) is 0 Å². The Morgan fingerprint density at radius 1 is 1.32 bits per heavy atom. The second-order valence-corrected chi connectivity index (χ2v) is 5.16. The monoisotopic (exact) mass is 313 g/mol. The zero-order valence-corrected chi connectivity index (χ0v) is 12.5. The highest BCUT2D eigenvalue weighted by Gasteiger charge is 2.17. The maximum atomic E-state index is 11.1. The Labute approximate surface area is 131 Å². The summed E-state index contributed by atoms with van der Waals surface area (Å²) in [5, 5.41) is 40.2. The highest BCUT2D eigenvalue weighted by Crippen LogP contribution is 2.31. The summed E-state index contributed by atoms with van der Waals surface area (Å²) < 4.78 is 0. The lowest BCUT2D eigenvalue weighted by atomic mass is 10.2. The van der Waals surface area contributed by atoms with Crippen LogP contribution in [-0.4, -0.2) is 10.7 Å². The van der Waals surface area contributed by atoms with Gasteiger partial charge < -0.3 is 5.32 Å². The van der Waals surface area contributed by atoms with Crippen LogP contribution in [0.4, 0.5) is 11.4 Å². The number of hydrogen-bond acceptors (Lipinski definition) is 7. The molecular formula is C14H11N5O2S. The van der Waals surface area contributed by atoms with E-state index in [-0.39, 0.29) is 17.1 Å². The fraction of sp³-hybridized carbons (Fsp3) is 0.214. The lowest BCUT2D eigenvalue weighted by molar-refractivity contribution is -0.384. The van der Waals surface area contributed by atoms with E-state index in [2.05, 4.69) is 5.32 Å². The van der Waals surface area contributed by atoms with Crippen molar-refractivity contribution in [2.75, 3.05) is 11.1 Å². The second-order valence-electron chi connectivity index (χ2n) is 3.99. The number of rotatable bonds is 6. The Balaban J connectivity index is 3.29. The largest absolute Gasteiger partial charge is 0.339 e. The molecule has 110 valence electrons. The number of nitro groups is 1. The molecule has 1 aromatic carbocycles. The van der Waals surface area contributed by atoms with E-state index in [1.54, 1.807) is 24.3 Å². The van der Waals surface area contributed by atoms with Crippen LogP contribution in [0.2, 0.25) is 0 Å². The lowest BCUT2D eigenvalue weighted by Gasteiger charge is -2.08. The number of benzene rings is 1. The summed E-state index contributed by atoms with van der Waals surface area (Å²) in [6.45, 7) is 2.01. The minimum absolute atomic E-state index is 0.0747. The number of thioether (sulfide) groups is 1. The number of nitro benzene ring substituents is 1. The van der Waals surface area contributed by atoms with Gasteiger partial charge in [-0.15, -0.1) is 11.8 Å². The van der Waals surface area contributed by atoms with Gasteiger partial charge in [0.05, 0.1) is 4.92 Å². The molecule has 0 unspecified atom stereocenters.